The highest BCUT2D eigenvalue weighted by Crippen LogP contribution is 2.23. The third-order valence-corrected chi connectivity index (χ3v) is 4.15. The van der Waals surface area contributed by atoms with Gasteiger partial charge in [-0.25, -0.2) is 0 Å². The van der Waals surface area contributed by atoms with Gasteiger partial charge in [-0.3, -0.25) is 4.79 Å². The predicted molar refractivity (Wildman–Crippen MR) is 64.7 cm³/mol. The number of carbonyl (C=O) groups is 1. The van der Waals surface area contributed by atoms with Crippen molar-refractivity contribution in [3.63, 3.8) is 0 Å². The summed E-state index contributed by atoms with van der Waals surface area (Å²) < 4.78 is 0. The van der Waals surface area contributed by atoms with Crippen LogP contribution in [0, 0.1) is 6.92 Å². The first-order valence-corrected chi connectivity index (χ1v) is 6.22. The van der Waals surface area contributed by atoms with Gasteiger partial charge in [0.2, 0.25) is 0 Å². The Balaban J connectivity index is 2.14. The molecule has 2 heterocycles. The number of carbonyl (C=O) groups excluding carboxylic acids is 1. The zero-order valence-corrected chi connectivity index (χ0v) is 9.95. The van der Waals surface area contributed by atoms with E-state index in [1.807, 2.05) is 6.07 Å². The number of hydrogen-bond acceptors (Lipinski definition) is 3. The monoisotopic (exact) mass is 237 g/mol. The molecule has 0 fully saturated rings. The summed E-state index contributed by atoms with van der Waals surface area (Å²) in [5, 5.41) is 0. The molecule has 0 unspecified atom stereocenters. The molecule has 0 radical (unpaired) electrons. The fourth-order valence-corrected chi connectivity index (χ4v) is 3.24. The standard InChI is InChI=1S/C11H11NOS2/c1-7-2-3-8(14-7)6-9-4-5-10(15-9)11(12)13/h2-5H,6H2,1H3,(H2,12,13). The van der Waals surface area contributed by atoms with Crippen LogP contribution in [0.5, 0.6) is 0 Å². The Morgan fingerprint density at radius 3 is 2.40 bits per heavy atom. The molecule has 1 amide bonds. The molecule has 2 aromatic heterocycles. The molecule has 0 aliphatic rings. The van der Waals surface area contributed by atoms with E-state index in [-0.39, 0.29) is 5.91 Å². The van der Waals surface area contributed by atoms with Crippen molar-refractivity contribution < 1.29 is 4.79 Å². The Morgan fingerprint density at radius 2 is 1.87 bits per heavy atom. The number of aryl methyl sites for hydroxylation is 1. The summed E-state index contributed by atoms with van der Waals surface area (Å²) in [4.78, 5) is 15.4. The van der Waals surface area contributed by atoms with Crippen molar-refractivity contribution in [1.82, 2.24) is 0 Å². The van der Waals surface area contributed by atoms with Crippen molar-refractivity contribution >= 4 is 28.6 Å². The second-order valence-corrected chi connectivity index (χ2v) is 5.86. The number of primary amides is 1. The van der Waals surface area contributed by atoms with Gasteiger partial charge in [-0.1, -0.05) is 0 Å². The quantitative estimate of drug-likeness (QED) is 0.876. The molecule has 0 atom stereocenters. The smallest absolute Gasteiger partial charge is 0.258 e. The largest absolute Gasteiger partial charge is 0.365 e. The van der Waals surface area contributed by atoms with Crippen LogP contribution < -0.4 is 5.73 Å². The number of hydrogen-bond donors (Lipinski definition) is 1. The summed E-state index contributed by atoms with van der Waals surface area (Å²) in [6, 6.07) is 8.01. The van der Waals surface area contributed by atoms with Gasteiger partial charge in [0, 0.05) is 21.1 Å². The van der Waals surface area contributed by atoms with Crippen LogP contribution in [0.4, 0.5) is 0 Å². The van der Waals surface area contributed by atoms with Gasteiger partial charge in [-0.2, -0.15) is 0 Å². The molecule has 0 aliphatic heterocycles. The molecule has 15 heavy (non-hydrogen) atoms. The highest BCUT2D eigenvalue weighted by Gasteiger charge is 2.06. The van der Waals surface area contributed by atoms with Crippen LogP contribution in [0.2, 0.25) is 0 Å². The van der Waals surface area contributed by atoms with Crippen LogP contribution in [0.25, 0.3) is 0 Å². The highest BCUT2D eigenvalue weighted by atomic mass is 32.1. The van der Waals surface area contributed by atoms with Crippen LogP contribution in [0.15, 0.2) is 24.3 Å². The molecule has 0 aliphatic carbocycles. The average Bonchev–Trinajstić information content (AvgIpc) is 2.76. The first kappa shape index (κ1) is 10.4. The summed E-state index contributed by atoms with van der Waals surface area (Å²) in [7, 11) is 0. The second-order valence-electron chi connectivity index (χ2n) is 3.32. The van der Waals surface area contributed by atoms with Gasteiger partial charge in [0.25, 0.3) is 5.91 Å². The Labute approximate surface area is 96.4 Å². The van der Waals surface area contributed by atoms with Crippen LogP contribution in [-0.2, 0) is 6.42 Å². The lowest BCUT2D eigenvalue weighted by Crippen LogP contribution is -2.08. The molecule has 0 saturated carbocycles. The summed E-state index contributed by atoms with van der Waals surface area (Å²) in [5.74, 6) is -0.339. The minimum Gasteiger partial charge on any atom is -0.365 e. The van der Waals surface area contributed by atoms with E-state index in [0.717, 1.165) is 6.42 Å². The first-order valence-electron chi connectivity index (χ1n) is 4.59. The molecule has 0 spiro atoms. The molecule has 2 N–H and O–H groups in total. The van der Waals surface area contributed by atoms with Crippen LogP contribution in [-0.4, -0.2) is 5.91 Å². The van der Waals surface area contributed by atoms with Crippen LogP contribution >= 0.6 is 22.7 Å². The predicted octanol–water partition coefficient (Wildman–Crippen LogP) is 2.81. The van der Waals surface area contributed by atoms with E-state index < -0.39 is 0 Å². The van der Waals surface area contributed by atoms with Crippen molar-refractivity contribution in [2.24, 2.45) is 5.73 Å². The Hall–Kier alpha value is -1.13. The summed E-state index contributed by atoms with van der Waals surface area (Å²) >= 11 is 3.27. The zero-order chi connectivity index (χ0) is 10.8. The van der Waals surface area contributed by atoms with Gasteiger partial charge in [-0.15, -0.1) is 22.7 Å². The maximum atomic E-state index is 10.9. The zero-order valence-electron chi connectivity index (χ0n) is 8.32. The number of rotatable bonds is 3. The van der Waals surface area contributed by atoms with Crippen molar-refractivity contribution in [1.29, 1.82) is 0 Å². The third kappa shape index (κ3) is 2.46. The lowest BCUT2D eigenvalue weighted by atomic mass is 10.3. The maximum Gasteiger partial charge on any atom is 0.258 e. The number of nitrogens with two attached hydrogens (primary N) is 1. The minimum atomic E-state index is -0.339. The fourth-order valence-electron chi connectivity index (χ4n) is 1.36. The maximum absolute atomic E-state index is 10.9. The molecule has 2 aromatic rings. The molecule has 0 aromatic carbocycles. The van der Waals surface area contributed by atoms with Gasteiger partial charge in [0.15, 0.2) is 0 Å². The molecule has 78 valence electrons. The highest BCUT2D eigenvalue weighted by molar-refractivity contribution is 7.14. The van der Waals surface area contributed by atoms with Crippen LogP contribution in [0.3, 0.4) is 0 Å². The van der Waals surface area contributed by atoms with E-state index in [2.05, 4.69) is 19.1 Å². The molecule has 4 heteroatoms. The van der Waals surface area contributed by atoms with Gasteiger partial charge < -0.3 is 5.73 Å². The number of amides is 1. The van der Waals surface area contributed by atoms with Crippen molar-refractivity contribution in [3.05, 3.63) is 43.8 Å². The second kappa shape index (κ2) is 4.16. The first-order chi connectivity index (χ1) is 7.15. The van der Waals surface area contributed by atoms with E-state index >= 15 is 0 Å². The normalized spacial score (nSPS) is 10.5. The minimum absolute atomic E-state index is 0.339. The Bertz CT molecular complexity index is 484. The Morgan fingerprint density at radius 1 is 1.20 bits per heavy atom. The van der Waals surface area contributed by atoms with Crippen molar-refractivity contribution in [2.45, 2.75) is 13.3 Å². The lowest BCUT2D eigenvalue weighted by molar-refractivity contribution is 0.100. The van der Waals surface area contributed by atoms with E-state index in [1.165, 1.54) is 26.0 Å². The number of thiophene rings is 2. The van der Waals surface area contributed by atoms with Crippen LogP contribution in [0.1, 0.15) is 24.3 Å². The molecule has 0 bridgehead atoms. The fraction of sp³-hybridized carbons (Fsp3) is 0.182. The summed E-state index contributed by atoms with van der Waals surface area (Å²) in [6.45, 7) is 2.09. The van der Waals surface area contributed by atoms with E-state index in [4.69, 9.17) is 5.73 Å². The van der Waals surface area contributed by atoms with Crippen molar-refractivity contribution in [2.75, 3.05) is 0 Å². The summed E-state index contributed by atoms with van der Waals surface area (Å²) in [5.41, 5.74) is 5.20. The van der Waals surface area contributed by atoms with E-state index in [9.17, 15) is 4.79 Å². The van der Waals surface area contributed by atoms with Gasteiger partial charge in [0.05, 0.1) is 4.88 Å². The summed E-state index contributed by atoms with van der Waals surface area (Å²) in [6.07, 6.45) is 0.899. The SMILES string of the molecule is Cc1ccc(Cc2ccc(C(N)=O)s2)s1. The lowest BCUT2D eigenvalue weighted by Gasteiger charge is -1.91. The molecular formula is C11H11NOS2. The molecule has 2 nitrogen and oxygen atoms in total. The van der Waals surface area contributed by atoms with E-state index in [0.29, 0.717) is 4.88 Å². The van der Waals surface area contributed by atoms with Gasteiger partial charge in [0.1, 0.15) is 0 Å². The molecule has 2 rings (SSSR count). The topological polar surface area (TPSA) is 43.1 Å². The average molecular weight is 237 g/mol. The van der Waals surface area contributed by atoms with Crippen molar-refractivity contribution in [3.8, 4) is 0 Å². The van der Waals surface area contributed by atoms with E-state index in [1.54, 1.807) is 17.4 Å². The third-order valence-electron chi connectivity index (χ3n) is 2.05. The molecule has 0 saturated heterocycles. The van der Waals surface area contributed by atoms with Gasteiger partial charge in [-0.05, 0) is 31.2 Å². The molecular weight excluding hydrogens is 226 g/mol. The Kier molecular flexibility index (Phi) is 2.88. The van der Waals surface area contributed by atoms with Gasteiger partial charge >= 0.3 is 0 Å².